The maximum absolute atomic E-state index is 4.79. The van der Waals surface area contributed by atoms with Crippen LogP contribution < -0.4 is 0 Å². The second-order valence-electron chi connectivity index (χ2n) is 8.09. The van der Waals surface area contributed by atoms with Gasteiger partial charge in [-0.3, -0.25) is 4.98 Å². The number of H-pyrrole nitrogens is 1. The first-order chi connectivity index (χ1) is 13.2. The molecule has 0 unspecified atom stereocenters. The molecule has 0 spiro atoms. The molecule has 0 atom stereocenters. The van der Waals surface area contributed by atoms with Crippen LogP contribution in [0.25, 0.3) is 21.9 Å². The van der Waals surface area contributed by atoms with Crippen LogP contribution in [0.15, 0.2) is 54.7 Å². The predicted molar refractivity (Wildman–Crippen MR) is 111 cm³/mol. The van der Waals surface area contributed by atoms with Crippen LogP contribution in [-0.2, 0) is 6.42 Å². The fourth-order valence-electron chi connectivity index (χ4n) is 4.56. The van der Waals surface area contributed by atoms with Gasteiger partial charge < -0.3 is 4.98 Å². The molecule has 2 aromatic heterocycles. The zero-order valence-electron chi connectivity index (χ0n) is 15.8. The van der Waals surface area contributed by atoms with Crippen molar-refractivity contribution in [3.63, 3.8) is 0 Å². The highest BCUT2D eigenvalue weighted by Gasteiger charge is 2.23. The van der Waals surface area contributed by atoms with E-state index in [9.17, 15) is 0 Å². The highest BCUT2D eigenvalue weighted by molar-refractivity contribution is 5.79. The van der Waals surface area contributed by atoms with Crippen LogP contribution in [0.5, 0.6) is 0 Å². The van der Waals surface area contributed by atoms with Crippen molar-refractivity contribution in [2.24, 2.45) is 5.92 Å². The van der Waals surface area contributed by atoms with Crippen LogP contribution in [-0.4, -0.2) is 15.0 Å². The molecule has 27 heavy (non-hydrogen) atoms. The molecular weight excluding hydrogens is 330 g/mol. The highest BCUT2D eigenvalue weighted by atomic mass is 14.9. The Bertz CT molecular complexity index is 1090. The molecule has 0 radical (unpaired) electrons. The summed E-state index contributed by atoms with van der Waals surface area (Å²) < 4.78 is 0. The van der Waals surface area contributed by atoms with E-state index in [4.69, 9.17) is 4.98 Å². The van der Waals surface area contributed by atoms with Gasteiger partial charge in [0.15, 0.2) is 0 Å². The van der Waals surface area contributed by atoms with E-state index < -0.39 is 0 Å². The molecule has 3 nitrogen and oxygen atoms in total. The number of pyridine rings is 1. The highest BCUT2D eigenvalue weighted by Crippen LogP contribution is 2.37. The summed E-state index contributed by atoms with van der Waals surface area (Å²) in [6.45, 7) is 2.13. The predicted octanol–water partition coefficient (Wildman–Crippen LogP) is 5.94. The smallest absolute Gasteiger partial charge is 0.107 e. The van der Waals surface area contributed by atoms with E-state index >= 15 is 0 Å². The summed E-state index contributed by atoms with van der Waals surface area (Å²) in [5.74, 6) is 2.53. The third-order valence-electron chi connectivity index (χ3n) is 6.10. The summed E-state index contributed by atoms with van der Waals surface area (Å²) in [4.78, 5) is 13.0. The molecule has 2 heterocycles. The number of nitrogens with one attached hydrogen (secondary N) is 1. The minimum atomic E-state index is 0.650. The Morgan fingerprint density at radius 2 is 1.81 bits per heavy atom. The molecule has 1 saturated carbocycles. The van der Waals surface area contributed by atoms with Crippen LogP contribution in [0.4, 0.5) is 0 Å². The number of nitrogens with zero attached hydrogens (tertiary/aromatic N) is 2. The first-order valence-corrected chi connectivity index (χ1v) is 10.0. The molecule has 136 valence electrons. The quantitative estimate of drug-likeness (QED) is 0.494. The molecule has 1 aliphatic carbocycles. The number of para-hydroxylation sites is 1. The van der Waals surface area contributed by atoms with E-state index in [0.717, 1.165) is 29.2 Å². The second-order valence-corrected chi connectivity index (χ2v) is 8.09. The number of aromatic amines is 1. The first kappa shape index (κ1) is 16.5. The van der Waals surface area contributed by atoms with Gasteiger partial charge >= 0.3 is 0 Å². The summed E-state index contributed by atoms with van der Waals surface area (Å²) in [5, 5.41) is 1.26. The average molecular weight is 355 g/mol. The second kappa shape index (κ2) is 6.80. The minimum absolute atomic E-state index is 0.650. The van der Waals surface area contributed by atoms with Gasteiger partial charge in [-0.1, -0.05) is 24.3 Å². The van der Waals surface area contributed by atoms with Crippen molar-refractivity contribution in [2.45, 2.75) is 44.9 Å². The van der Waals surface area contributed by atoms with Gasteiger partial charge in [-0.05, 0) is 79.8 Å². The lowest BCUT2D eigenvalue weighted by molar-refractivity contribution is 0.321. The summed E-state index contributed by atoms with van der Waals surface area (Å²) in [5.41, 5.74) is 6.04. The van der Waals surface area contributed by atoms with E-state index in [1.807, 2.05) is 0 Å². The number of aromatic nitrogens is 3. The Balaban J connectivity index is 1.26. The lowest BCUT2D eigenvalue weighted by atomic mass is 9.77. The average Bonchev–Trinajstić information content (AvgIpc) is 3.09. The molecule has 0 saturated heterocycles. The zero-order valence-corrected chi connectivity index (χ0v) is 15.8. The number of rotatable bonds is 3. The summed E-state index contributed by atoms with van der Waals surface area (Å²) >= 11 is 0. The van der Waals surface area contributed by atoms with Crippen molar-refractivity contribution in [2.75, 3.05) is 0 Å². The van der Waals surface area contributed by atoms with Gasteiger partial charge in [0.25, 0.3) is 0 Å². The fraction of sp³-hybridized carbons (Fsp3) is 0.333. The van der Waals surface area contributed by atoms with E-state index in [0.29, 0.717) is 5.92 Å². The van der Waals surface area contributed by atoms with Gasteiger partial charge in [0.1, 0.15) is 5.82 Å². The maximum Gasteiger partial charge on any atom is 0.107 e. The Morgan fingerprint density at radius 1 is 0.963 bits per heavy atom. The molecule has 0 bridgehead atoms. The van der Waals surface area contributed by atoms with Crippen molar-refractivity contribution in [3.8, 4) is 0 Å². The topological polar surface area (TPSA) is 41.6 Å². The van der Waals surface area contributed by atoms with E-state index in [1.54, 1.807) is 0 Å². The van der Waals surface area contributed by atoms with Crippen LogP contribution in [0.1, 0.15) is 48.6 Å². The molecule has 3 heteroatoms. The number of hydrogen-bond acceptors (Lipinski definition) is 2. The fourth-order valence-corrected chi connectivity index (χ4v) is 4.56. The van der Waals surface area contributed by atoms with Gasteiger partial charge in [0, 0.05) is 18.0 Å². The third kappa shape index (κ3) is 3.34. The zero-order chi connectivity index (χ0) is 18.2. The Kier molecular flexibility index (Phi) is 4.16. The van der Waals surface area contributed by atoms with Crippen molar-refractivity contribution >= 4 is 21.9 Å². The van der Waals surface area contributed by atoms with Gasteiger partial charge in [-0.15, -0.1) is 0 Å². The molecule has 1 N–H and O–H groups in total. The molecule has 2 aromatic carbocycles. The van der Waals surface area contributed by atoms with Gasteiger partial charge in [-0.2, -0.15) is 0 Å². The van der Waals surface area contributed by atoms with Crippen LogP contribution in [0, 0.1) is 12.8 Å². The molecule has 0 amide bonds. The number of hydrogen-bond donors (Lipinski definition) is 1. The molecule has 5 rings (SSSR count). The molecular formula is C24H25N3. The standard InChI is InChI=1S/C24H25N3/c1-16-6-11-22-23(12-16)27-24(26-22)13-17-7-9-18(10-8-17)20-14-19-4-2-3-5-21(19)25-15-20/h2-6,11-12,14-15,17-18H,7-10,13H2,1H3,(H,26,27). The Hall–Kier alpha value is -2.68. The molecule has 1 fully saturated rings. The van der Waals surface area contributed by atoms with Crippen molar-refractivity contribution < 1.29 is 0 Å². The Labute approximate surface area is 159 Å². The number of fused-ring (bicyclic) bond motifs is 2. The van der Waals surface area contributed by atoms with Gasteiger partial charge in [0.2, 0.25) is 0 Å². The SMILES string of the molecule is Cc1ccc2nc(CC3CCC(c4cnc5ccccc5c4)CC3)[nH]c2c1. The van der Waals surface area contributed by atoms with Gasteiger partial charge in [0.05, 0.1) is 16.6 Å². The monoisotopic (exact) mass is 355 g/mol. The van der Waals surface area contributed by atoms with Crippen LogP contribution >= 0.6 is 0 Å². The van der Waals surface area contributed by atoms with Crippen LogP contribution in [0.3, 0.4) is 0 Å². The normalized spacial score (nSPS) is 20.3. The van der Waals surface area contributed by atoms with Crippen LogP contribution in [0.2, 0.25) is 0 Å². The summed E-state index contributed by atoms with van der Waals surface area (Å²) in [7, 11) is 0. The lowest BCUT2D eigenvalue weighted by Gasteiger charge is -2.28. The third-order valence-corrected chi connectivity index (χ3v) is 6.10. The summed E-state index contributed by atoms with van der Waals surface area (Å²) in [6.07, 6.45) is 8.21. The number of benzene rings is 2. The summed E-state index contributed by atoms with van der Waals surface area (Å²) in [6, 6.07) is 17.2. The van der Waals surface area contributed by atoms with E-state index in [2.05, 4.69) is 71.6 Å². The minimum Gasteiger partial charge on any atom is -0.342 e. The number of imidazole rings is 1. The first-order valence-electron chi connectivity index (χ1n) is 10.0. The van der Waals surface area contributed by atoms with E-state index in [1.165, 1.54) is 47.7 Å². The molecule has 4 aromatic rings. The number of aryl methyl sites for hydroxylation is 1. The maximum atomic E-state index is 4.79. The van der Waals surface area contributed by atoms with Crippen molar-refractivity contribution in [1.29, 1.82) is 0 Å². The molecule has 1 aliphatic rings. The van der Waals surface area contributed by atoms with Gasteiger partial charge in [-0.25, -0.2) is 4.98 Å². The van der Waals surface area contributed by atoms with Crippen molar-refractivity contribution in [1.82, 2.24) is 15.0 Å². The lowest BCUT2D eigenvalue weighted by Crippen LogP contribution is -2.16. The molecule has 0 aliphatic heterocycles. The van der Waals surface area contributed by atoms with Crippen molar-refractivity contribution in [3.05, 3.63) is 71.7 Å². The Morgan fingerprint density at radius 3 is 2.70 bits per heavy atom. The van der Waals surface area contributed by atoms with E-state index in [-0.39, 0.29) is 0 Å². The largest absolute Gasteiger partial charge is 0.342 e.